The van der Waals surface area contributed by atoms with Crippen LogP contribution in [-0.2, 0) is 0 Å². The molecule has 1 aromatic carbocycles. The molecule has 0 radical (unpaired) electrons. The lowest BCUT2D eigenvalue weighted by Crippen LogP contribution is -2.17. The maximum Gasteiger partial charge on any atom is 0.153 e. The first-order chi connectivity index (χ1) is 8.20. The van der Waals surface area contributed by atoms with Crippen LogP contribution < -0.4 is 5.32 Å². The van der Waals surface area contributed by atoms with E-state index in [-0.39, 0.29) is 0 Å². The highest BCUT2D eigenvalue weighted by Crippen LogP contribution is 2.43. The minimum absolute atomic E-state index is 0.331. The van der Waals surface area contributed by atoms with E-state index in [0.29, 0.717) is 11.1 Å². The molecule has 3 rings (SSSR count). The predicted molar refractivity (Wildman–Crippen MR) is 70.5 cm³/mol. The van der Waals surface area contributed by atoms with E-state index in [1.807, 2.05) is 19.2 Å². The number of hydrogen-bond donors (Lipinski definition) is 1. The molecule has 0 aliphatic heterocycles. The Morgan fingerprint density at radius 1 is 1.41 bits per heavy atom. The smallest absolute Gasteiger partial charge is 0.153 e. The Balaban J connectivity index is 2.12. The highest BCUT2D eigenvalue weighted by molar-refractivity contribution is 6.34. The second-order valence-corrected chi connectivity index (χ2v) is 5.27. The molecule has 1 fully saturated rings. The Labute approximate surface area is 106 Å². The van der Waals surface area contributed by atoms with Crippen molar-refractivity contribution in [2.45, 2.75) is 25.8 Å². The zero-order valence-corrected chi connectivity index (χ0v) is 10.8. The molecule has 1 aliphatic carbocycles. The van der Waals surface area contributed by atoms with Gasteiger partial charge in [-0.05, 0) is 50.4 Å². The van der Waals surface area contributed by atoms with Gasteiger partial charge in [0.25, 0.3) is 0 Å². The summed E-state index contributed by atoms with van der Waals surface area (Å²) < 4.78 is 5.94. The monoisotopic (exact) mass is 249 g/mol. The van der Waals surface area contributed by atoms with E-state index < -0.39 is 0 Å². The van der Waals surface area contributed by atoms with Crippen molar-refractivity contribution in [2.75, 3.05) is 7.05 Å². The summed E-state index contributed by atoms with van der Waals surface area (Å²) in [4.78, 5) is 0. The maximum atomic E-state index is 6.17. The molecule has 90 valence electrons. The van der Waals surface area contributed by atoms with Crippen molar-refractivity contribution in [1.82, 2.24) is 5.32 Å². The standard InChI is InChI=1S/C14H16ClNO/c1-8-3-6-11(15)14-10(8)7-12(17-14)13(16-2)9-4-5-9/h3,6-7,9,13,16H,4-5H2,1-2H3. The highest BCUT2D eigenvalue weighted by Gasteiger charge is 2.33. The largest absolute Gasteiger partial charge is 0.458 e. The molecule has 0 saturated heterocycles. The Morgan fingerprint density at radius 3 is 2.76 bits per heavy atom. The molecular formula is C14H16ClNO. The van der Waals surface area contributed by atoms with Crippen LogP contribution in [0.5, 0.6) is 0 Å². The van der Waals surface area contributed by atoms with Gasteiger partial charge in [-0.15, -0.1) is 0 Å². The molecule has 1 unspecified atom stereocenters. The van der Waals surface area contributed by atoms with Crippen molar-refractivity contribution in [3.63, 3.8) is 0 Å². The molecule has 1 aliphatic rings. The van der Waals surface area contributed by atoms with Gasteiger partial charge in [0.1, 0.15) is 5.76 Å². The average molecular weight is 250 g/mol. The fourth-order valence-electron chi connectivity index (χ4n) is 2.44. The lowest BCUT2D eigenvalue weighted by atomic mass is 10.1. The van der Waals surface area contributed by atoms with Crippen LogP contribution in [-0.4, -0.2) is 7.05 Å². The van der Waals surface area contributed by atoms with E-state index >= 15 is 0 Å². The Hall–Kier alpha value is -0.990. The minimum atomic E-state index is 0.331. The van der Waals surface area contributed by atoms with Crippen molar-refractivity contribution in [1.29, 1.82) is 0 Å². The van der Waals surface area contributed by atoms with Crippen molar-refractivity contribution < 1.29 is 4.42 Å². The molecule has 1 heterocycles. The molecule has 1 atom stereocenters. The molecule has 3 heteroatoms. The second kappa shape index (κ2) is 4.04. The van der Waals surface area contributed by atoms with Crippen molar-refractivity contribution in [3.8, 4) is 0 Å². The van der Waals surface area contributed by atoms with Crippen molar-refractivity contribution in [2.24, 2.45) is 5.92 Å². The van der Waals surface area contributed by atoms with Gasteiger partial charge in [-0.25, -0.2) is 0 Å². The molecule has 2 aromatic rings. The summed E-state index contributed by atoms with van der Waals surface area (Å²) in [7, 11) is 1.99. The summed E-state index contributed by atoms with van der Waals surface area (Å²) in [6.07, 6.45) is 2.57. The summed E-state index contributed by atoms with van der Waals surface area (Å²) in [6.45, 7) is 2.09. The summed E-state index contributed by atoms with van der Waals surface area (Å²) >= 11 is 6.17. The lowest BCUT2D eigenvalue weighted by molar-refractivity contribution is 0.419. The Morgan fingerprint density at radius 2 is 2.18 bits per heavy atom. The molecule has 1 aromatic heterocycles. The summed E-state index contributed by atoms with van der Waals surface area (Å²) in [5.41, 5.74) is 2.03. The minimum Gasteiger partial charge on any atom is -0.458 e. The highest BCUT2D eigenvalue weighted by atomic mass is 35.5. The molecule has 0 bridgehead atoms. The number of hydrogen-bond acceptors (Lipinski definition) is 2. The number of nitrogens with one attached hydrogen (secondary N) is 1. The van der Waals surface area contributed by atoms with Crippen LogP contribution in [0.15, 0.2) is 22.6 Å². The van der Waals surface area contributed by atoms with Gasteiger partial charge in [0, 0.05) is 5.39 Å². The molecule has 2 nitrogen and oxygen atoms in total. The normalized spacial score (nSPS) is 17.6. The Kier molecular flexibility index (Phi) is 2.64. The first-order valence-electron chi connectivity index (χ1n) is 6.06. The van der Waals surface area contributed by atoms with Gasteiger partial charge in [0.2, 0.25) is 0 Å². The van der Waals surface area contributed by atoms with Crippen LogP contribution in [0.3, 0.4) is 0 Å². The quantitative estimate of drug-likeness (QED) is 0.887. The van der Waals surface area contributed by atoms with E-state index in [0.717, 1.165) is 22.6 Å². The zero-order valence-electron chi connectivity index (χ0n) is 10.1. The zero-order chi connectivity index (χ0) is 12.0. The molecule has 17 heavy (non-hydrogen) atoms. The van der Waals surface area contributed by atoms with Crippen LogP contribution in [0.4, 0.5) is 0 Å². The van der Waals surface area contributed by atoms with Gasteiger partial charge in [-0.3, -0.25) is 0 Å². The van der Waals surface area contributed by atoms with Gasteiger partial charge in [-0.1, -0.05) is 17.7 Å². The van der Waals surface area contributed by atoms with E-state index in [1.165, 1.54) is 18.4 Å². The van der Waals surface area contributed by atoms with E-state index in [9.17, 15) is 0 Å². The summed E-state index contributed by atoms with van der Waals surface area (Å²) in [5, 5.41) is 5.17. The average Bonchev–Trinajstić information content (AvgIpc) is 3.03. The van der Waals surface area contributed by atoms with E-state index in [4.69, 9.17) is 16.0 Å². The number of halogens is 1. The molecule has 0 amide bonds. The number of aryl methyl sites for hydroxylation is 1. The third-order valence-electron chi connectivity index (χ3n) is 3.58. The van der Waals surface area contributed by atoms with E-state index in [2.05, 4.69) is 18.3 Å². The molecular weight excluding hydrogens is 234 g/mol. The third kappa shape index (κ3) is 1.85. The fraction of sp³-hybridized carbons (Fsp3) is 0.429. The second-order valence-electron chi connectivity index (χ2n) is 4.86. The van der Waals surface area contributed by atoms with E-state index in [1.54, 1.807) is 0 Å². The third-order valence-corrected chi connectivity index (χ3v) is 3.88. The first kappa shape index (κ1) is 11.1. The van der Waals surface area contributed by atoms with Gasteiger partial charge in [0.15, 0.2) is 5.58 Å². The van der Waals surface area contributed by atoms with Crippen molar-refractivity contribution in [3.05, 3.63) is 34.5 Å². The van der Waals surface area contributed by atoms with Gasteiger partial charge < -0.3 is 9.73 Å². The molecule has 0 spiro atoms. The van der Waals surface area contributed by atoms with Crippen molar-refractivity contribution >= 4 is 22.6 Å². The van der Waals surface area contributed by atoms with Gasteiger partial charge in [-0.2, -0.15) is 0 Å². The predicted octanol–water partition coefficient (Wildman–Crippen LogP) is 4.07. The number of furan rings is 1. The Bertz CT molecular complexity index is 518. The number of benzene rings is 1. The number of rotatable bonds is 3. The van der Waals surface area contributed by atoms with Gasteiger partial charge >= 0.3 is 0 Å². The number of fused-ring (bicyclic) bond motifs is 1. The maximum absolute atomic E-state index is 6.17. The molecule has 1 N–H and O–H groups in total. The van der Waals surface area contributed by atoms with Crippen LogP contribution >= 0.6 is 11.6 Å². The van der Waals surface area contributed by atoms with Crippen LogP contribution in [0, 0.1) is 12.8 Å². The summed E-state index contributed by atoms with van der Waals surface area (Å²) in [6, 6.07) is 6.40. The van der Waals surface area contributed by atoms with Crippen LogP contribution in [0.25, 0.3) is 11.0 Å². The lowest BCUT2D eigenvalue weighted by Gasteiger charge is -2.11. The SMILES string of the molecule is CNC(c1cc2c(C)ccc(Cl)c2o1)C1CC1. The van der Waals surface area contributed by atoms with Crippen LogP contribution in [0.2, 0.25) is 5.02 Å². The fourth-order valence-corrected chi connectivity index (χ4v) is 2.64. The summed E-state index contributed by atoms with van der Waals surface area (Å²) in [5.74, 6) is 1.74. The first-order valence-corrected chi connectivity index (χ1v) is 6.44. The van der Waals surface area contributed by atoms with Crippen LogP contribution in [0.1, 0.15) is 30.2 Å². The topological polar surface area (TPSA) is 25.2 Å². The van der Waals surface area contributed by atoms with Gasteiger partial charge in [0.05, 0.1) is 11.1 Å². The molecule has 1 saturated carbocycles.